The number of aromatic carboxylic acids is 1. The quantitative estimate of drug-likeness (QED) is 0.845. The van der Waals surface area contributed by atoms with Gasteiger partial charge in [0.2, 0.25) is 5.88 Å². The van der Waals surface area contributed by atoms with Crippen LogP contribution in [0.15, 0.2) is 18.2 Å². The van der Waals surface area contributed by atoms with E-state index in [1.165, 1.54) is 18.9 Å². The first-order chi connectivity index (χ1) is 8.22. The Morgan fingerprint density at radius 1 is 1.53 bits per heavy atom. The van der Waals surface area contributed by atoms with E-state index in [-0.39, 0.29) is 5.69 Å². The topological polar surface area (TPSA) is 75.2 Å². The molecular formula is C12H12N2O3. The van der Waals surface area contributed by atoms with Crippen molar-refractivity contribution in [2.24, 2.45) is 5.92 Å². The van der Waals surface area contributed by atoms with Crippen molar-refractivity contribution in [3.63, 3.8) is 0 Å². The number of hydrogen-bond donors (Lipinski definition) is 2. The van der Waals surface area contributed by atoms with Crippen molar-refractivity contribution < 1.29 is 14.6 Å². The van der Waals surface area contributed by atoms with Crippen molar-refractivity contribution in [1.29, 1.82) is 0 Å². The van der Waals surface area contributed by atoms with Crippen LogP contribution in [0.4, 0.5) is 0 Å². The van der Waals surface area contributed by atoms with Gasteiger partial charge in [-0.1, -0.05) is 0 Å². The first kappa shape index (κ1) is 10.1. The second kappa shape index (κ2) is 3.76. The Bertz CT molecular complexity index is 572. The van der Waals surface area contributed by atoms with Crippen LogP contribution in [0.3, 0.4) is 0 Å². The molecule has 2 aromatic heterocycles. The zero-order valence-electron chi connectivity index (χ0n) is 9.14. The molecule has 0 aromatic carbocycles. The summed E-state index contributed by atoms with van der Waals surface area (Å²) in [4.78, 5) is 17.8. The molecule has 1 aliphatic carbocycles. The van der Waals surface area contributed by atoms with Gasteiger partial charge in [-0.15, -0.1) is 0 Å². The third-order valence-electron chi connectivity index (χ3n) is 2.84. The average molecular weight is 232 g/mol. The standard InChI is InChI=1S/C12H12N2O3/c15-12(16)10-5-9-8(13-10)3-4-11(14-9)17-6-7-1-2-7/h3-5,7,13H,1-2,6H2,(H,15,16). The third-order valence-corrected chi connectivity index (χ3v) is 2.84. The number of fused-ring (bicyclic) bond motifs is 1. The second-order valence-corrected chi connectivity index (χ2v) is 4.32. The van der Waals surface area contributed by atoms with E-state index in [9.17, 15) is 4.79 Å². The second-order valence-electron chi connectivity index (χ2n) is 4.32. The van der Waals surface area contributed by atoms with E-state index < -0.39 is 5.97 Å². The summed E-state index contributed by atoms with van der Waals surface area (Å²) in [5.41, 5.74) is 1.48. The zero-order chi connectivity index (χ0) is 11.8. The van der Waals surface area contributed by atoms with Crippen molar-refractivity contribution in [2.75, 3.05) is 6.61 Å². The molecule has 5 nitrogen and oxygen atoms in total. The van der Waals surface area contributed by atoms with Crippen LogP contribution in [0.25, 0.3) is 11.0 Å². The number of hydrogen-bond acceptors (Lipinski definition) is 3. The summed E-state index contributed by atoms with van der Waals surface area (Å²) in [6.45, 7) is 0.703. The van der Waals surface area contributed by atoms with Crippen LogP contribution in [0.2, 0.25) is 0 Å². The SMILES string of the molecule is O=C(O)c1cc2nc(OCC3CC3)ccc2[nH]1. The number of aromatic amines is 1. The molecule has 3 rings (SSSR count). The Kier molecular flexibility index (Phi) is 2.24. The summed E-state index contributed by atoms with van der Waals surface area (Å²) < 4.78 is 5.54. The molecule has 0 atom stereocenters. The predicted molar refractivity (Wildman–Crippen MR) is 61.3 cm³/mol. The fourth-order valence-corrected chi connectivity index (χ4v) is 1.67. The largest absolute Gasteiger partial charge is 0.477 e. The maximum atomic E-state index is 10.8. The predicted octanol–water partition coefficient (Wildman–Crippen LogP) is 2.05. The van der Waals surface area contributed by atoms with Gasteiger partial charge in [0, 0.05) is 6.07 Å². The van der Waals surface area contributed by atoms with E-state index in [2.05, 4.69) is 9.97 Å². The van der Waals surface area contributed by atoms with Gasteiger partial charge in [-0.25, -0.2) is 9.78 Å². The summed E-state index contributed by atoms with van der Waals surface area (Å²) in [5.74, 6) is 0.247. The number of carboxylic acid groups (broad SMARTS) is 1. The molecule has 5 heteroatoms. The minimum atomic E-state index is -0.983. The van der Waals surface area contributed by atoms with Crippen LogP contribution < -0.4 is 4.74 Å². The average Bonchev–Trinajstić information content (AvgIpc) is 3.03. The van der Waals surface area contributed by atoms with Crippen LogP contribution in [-0.2, 0) is 0 Å². The molecule has 0 unspecified atom stereocenters. The molecule has 88 valence electrons. The van der Waals surface area contributed by atoms with Gasteiger partial charge in [-0.05, 0) is 30.9 Å². The van der Waals surface area contributed by atoms with E-state index in [0.29, 0.717) is 29.4 Å². The fraction of sp³-hybridized carbons (Fsp3) is 0.333. The highest BCUT2D eigenvalue weighted by molar-refractivity contribution is 5.92. The van der Waals surface area contributed by atoms with Crippen molar-refractivity contribution in [2.45, 2.75) is 12.8 Å². The highest BCUT2D eigenvalue weighted by atomic mass is 16.5. The summed E-state index contributed by atoms with van der Waals surface area (Å²) in [7, 11) is 0. The number of ether oxygens (including phenoxy) is 1. The molecule has 17 heavy (non-hydrogen) atoms. The van der Waals surface area contributed by atoms with Crippen LogP contribution in [0, 0.1) is 5.92 Å². The van der Waals surface area contributed by atoms with Gasteiger partial charge >= 0.3 is 5.97 Å². The number of H-pyrrole nitrogens is 1. The lowest BCUT2D eigenvalue weighted by Crippen LogP contribution is -2.00. The number of pyridine rings is 1. The molecule has 0 aliphatic heterocycles. The smallest absolute Gasteiger partial charge is 0.352 e. The van der Waals surface area contributed by atoms with Crippen LogP contribution in [0.5, 0.6) is 5.88 Å². The van der Waals surface area contributed by atoms with E-state index in [1.807, 2.05) is 0 Å². The molecule has 2 N–H and O–H groups in total. The normalized spacial score (nSPS) is 15.1. The molecule has 0 spiro atoms. The highest BCUT2D eigenvalue weighted by Crippen LogP contribution is 2.29. The third kappa shape index (κ3) is 2.08. The van der Waals surface area contributed by atoms with Gasteiger partial charge in [0.15, 0.2) is 0 Å². The van der Waals surface area contributed by atoms with Gasteiger partial charge in [0.05, 0.1) is 17.6 Å². The number of carboxylic acids is 1. The van der Waals surface area contributed by atoms with E-state index >= 15 is 0 Å². The van der Waals surface area contributed by atoms with Crippen LogP contribution in [-0.4, -0.2) is 27.7 Å². The maximum Gasteiger partial charge on any atom is 0.352 e. The first-order valence-electron chi connectivity index (χ1n) is 5.58. The molecule has 0 radical (unpaired) electrons. The Balaban J connectivity index is 1.86. The zero-order valence-corrected chi connectivity index (χ0v) is 9.14. The van der Waals surface area contributed by atoms with E-state index in [1.54, 1.807) is 12.1 Å². The van der Waals surface area contributed by atoms with E-state index in [4.69, 9.17) is 9.84 Å². The minimum Gasteiger partial charge on any atom is -0.477 e. The monoisotopic (exact) mass is 232 g/mol. The molecule has 1 aliphatic rings. The maximum absolute atomic E-state index is 10.8. The van der Waals surface area contributed by atoms with Gasteiger partial charge < -0.3 is 14.8 Å². The minimum absolute atomic E-state index is 0.145. The molecule has 0 saturated heterocycles. The first-order valence-corrected chi connectivity index (χ1v) is 5.58. The highest BCUT2D eigenvalue weighted by Gasteiger charge is 2.22. The molecule has 0 bridgehead atoms. The number of nitrogens with zero attached hydrogens (tertiary/aromatic N) is 1. The molecule has 2 aromatic rings. The van der Waals surface area contributed by atoms with Crippen molar-refractivity contribution in [1.82, 2.24) is 9.97 Å². The lowest BCUT2D eigenvalue weighted by Gasteiger charge is -2.02. The summed E-state index contributed by atoms with van der Waals surface area (Å²) in [6.07, 6.45) is 2.46. The van der Waals surface area contributed by atoms with Gasteiger partial charge in [-0.3, -0.25) is 0 Å². The number of nitrogens with one attached hydrogen (secondary N) is 1. The molecule has 1 saturated carbocycles. The lowest BCUT2D eigenvalue weighted by atomic mass is 10.3. The van der Waals surface area contributed by atoms with Crippen molar-refractivity contribution in [3.8, 4) is 5.88 Å². The van der Waals surface area contributed by atoms with Crippen LogP contribution in [0.1, 0.15) is 23.3 Å². The Hall–Kier alpha value is -2.04. The number of carbonyl (C=O) groups is 1. The Morgan fingerprint density at radius 3 is 3.06 bits per heavy atom. The van der Waals surface area contributed by atoms with Crippen molar-refractivity contribution in [3.05, 3.63) is 23.9 Å². The lowest BCUT2D eigenvalue weighted by molar-refractivity contribution is 0.0691. The van der Waals surface area contributed by atoms with Gasteiger partial charge in [0.25, 0.3) is 0 Å². The Morgan fingerprint density at radius 2 is 2.35 bits per heavy atom. The molecule has 1 fully saturated rings. The van der Waals surface area contributed by atoms with Gasteiger partial charge in [-0.2, -0.15) is 0 Å². The summed E-state index contributed by atoms with van der Waals surface area (Å²) in [6, 6.07) is 5.06. The summed E-state index contributed by atoms with van der Waals surface area (Å²) >= 11 is 0. The molecule has 2 heterocycles. The van der Waals surface area contributed by atoms with E-state index in [0.717, 1.165) is 0 Å². The Labute approximate surface area is 97.4 Å². The number of aromatic nitrogens is 2. The van der Waals surface area contributed by atoms with Crippen LogP contribution >= 0.6 is 0 Å². The fourth-order valence-electron chi connectivity index (χ4n) is 1.67. The summed E-state index contributed by atoms with van der Waals surface area (Å²) in [5, 5.41) is 8.85. The number of rotatable bonds is 4. The van der Waals surface area contributed by atoms with Crippen molar-refractivity contribution >= 4 is 17.0 Å². The molecule has 0 amide bonds. The van der Waals surface area contributed by atoms with Gasteiger partial charge in [0.1, 0.15) is 5.69 Å². The molecular weight excluding hydrogens is 220 g/mol.